The van der Waals surface area contributed by atoms with Crippen LogP contribution >= 0.6 is 21.6 Å². The van der Waals surface area contributed by atoms with Crippen LogP contribution in [-0.4, -0.2) is 117 Å². The number of rotatable bonds is 28. The van der Waals surface area contributed by atoms with E-state index < -0.39 is 96.8 Å². The summed E-state index contributed by atoms with van der Waals surface area (Å²) in [6, 6.07) is 1.39. The molecule has 1 aromatic carbocycles. The molecule has 21 heteroatoms. The lowest BCUT2D eigenvalue weighted by Crippen LogP contribution is -2.48. The summed E-state index contributed by atoms with van der Waals surface area (Å²) in [4.78, 5) is 109. The van der Waals surface area contributed by atoms with Gasteiger partial charge in [-0.05, 0) is 43.1 Å². The third kappa shape index (κ3) is 21.4. The lowest BCUT2D eigenvalue weighted by molar-refractivity contribution is -0.145. The summed E-state index contributed by atoms with van der Waals surface area (Å²) in [6.45, 7) is 2.79. The van der Waals surface area contributed by atoms with Gasteiger partial charge in [0.15, 0.2) is 5.78 Å². The third-order valence-electron chi connectivity index (χ3n) is 7.77. The van der Waals surface area contributed by atoms with E-state index in [1.54, 1.807) is 30.5 Å². The van der Waals surface area contributed by atoms with Crippen molar-refractivity contribution in [2.45, 2.75) is 89.4 Å². The smallest absolute Gasteiger partial charge is 0.327 e. The van der Waals surface area contributed by atoms with Crippen molar-refractivity contribution < 1.29 is 63.6 Å². The number of nitrogens with one attached hydrogen (secondary N) is 6. The van der Waals surface area contributed by atoms with Crippen LogP contribution in [0.1, 0.15) is 69.4 Å². The fraction of sp³-hybridized carbons (Fsp3) is 0.559. The number of carbonyl (C=O) groups excluding carboxylic acids is 5. The first-order valence-electron chi connectivity index (χ1n) is 17.4. The van der Waals surface area contributed by atoms with Crippen molar-refractivity contribution in [2.75, 3.05) is 25.1 Å². The molecule has 55 heavy (non-hydrogen) atoms. The molecule has 1 aromatic rings. The van der Waals surface area contributed by atoms with Crippen LogP contribution in [0.5, 0.6) is 0 Å². The second-order valence-electron chi connectivity index (χ2n) is 12.3. The first-order valence-corrected chi connectivity index (χ1v) is 20.1. The number of ketones is 1. The molecule has 19 nitrogen and oxygen atoms in total. The number of hydrogen-bond acceptors (Lipinski definition) is 11. The zero-order chi connectivity index (χ0) is 41.3. The monoisotopic (exact) mass is 814 g/mol. The minimum atomic E-state index is -1.60. The summed E-state index contributed by atoms with van der Waals surface area (Å²) in [5, 5.41) is 52.3. The second kappa shape index (κ2) is 26.7. The molecule has 4 atom stereocenters. The van der Waals surface area contributed by atoms with Gasteiger partial charge in [0.05, 0.1) is 31.2 Å². The Balaban J connectivity index is 2.65. The molecular formula is C34H50N6O13S2. The average Bonchev–Trinajstić information content (AvgIpc) is 3.11. The minimum absolute atomic E-state index is 0.0394. The van der Waals surface area contributed by atoms with E-state index in [-0.39, 0.29) is 31.7 Å². The van der Waals surface area contributed by atoms with E-state index in [4.69, 9.17) is 0 Å². The van der Waals surface area contributed by atoms with Crippen molar-refractivity contribution >= 4 is 75.1 Å². The van der Waals surface area contributed by atoms with Gasteiger partial charge < -0.3 is 52.3 Å². The normalized spacial score (nSPS) is 12.8. The van der Waals surface area contributed by atoms with Gasteiger partial charge >= 0.3 is 35.9 Å². The molecule has 0 spiro atoms. The second-order valence-corrected chi connectivity index (χ2v) is 14.9. The largest absolute Gasteiger partial charge is 0.481 e. The fourth-order valence-corrected chi connectivity index (χ4v) is 6.16. The van der Waals surface area contributed by atoms with Crippen molar-refractivity contribution in [1.82, 2.24) is 31.9 Å². The zero-order valence-electron chi connectivity index (χ0n) is 30.6. The Morgan fingerprint density at radius 1 is 0.655 bits per heavy atom. The van der Waals surface area contributed by atoms with Crippen LogP contribution in [0.15, 0.2) is 24.3 Å². The number of urea groups is 2. The fourth-order valence-electron chi connectivity index (χ4n) is 4.85. The maximum Gasteiger partial charge on any atom is 0.327 e. The number of hydrogen-bond donors (Lipinski definition) is 10. The Hall–Kier alpha value is -5.05. The van der Waals surface area contributed by atoms with Crippen LogP contribution in [0.25, 0.3) is 0 Å². The number of carbonyl (C=O) groups is 9. The van der Waals surface area contributed by atoms with Crippen molar-refractivity contribution in [1.29, 1.82) is 0 Å². The molecular weight excluding hydrogens is 765 g/mol. The van der Waals surface area contributed by atoms with Crippen LogP contribution in [0.4, 0.5) is 9.59 Å². The van der Waals surface area contributed by atoms with Crippen LogP contribution in [0.3, 0.4) is 0 Å². The summed E-state index contributed by atoms with van der Waals surface area (Å²) in [5.74, 6) is -9.66. The Labute approximate surface area is 325 Å². The SMILES string of the molecule is CCCCNC(=O)N[C@@H](CCCCNC(=O)NCc1ccc(CC(=O)N[C@@H](CC(=O)O)C(=O)C[C@@H](CC(=O)O)C(=O)N[C@@H](CSSC)C(=O)O)cc1)C(=O)O. The van der Waals surface area contributed by atoms with Crippen LogP contribution in [0, 0.1) is 5.92 Å². The van der Waals surface area contributed by atoms with Gasteiger partial charge in [-0.1, -0.05) is 59.2 Å². The Morgan fingerprint density at radius 3 is 1.84 bits per heavy atom. The molecule has 0 aliphatic heterocycles. The van der Waals surface area contributed by atoms with Gasteiger partial charge in [0.1, 0.15) is 12.1 Å². The highest BCUT2D eigenvalue weighted by Gasteiger charge is 2.32. The van der Waals surface area contributed by atoms with Crippen LogP contribution in [-0.2, 0) is 46.5 Å². The van der Waals surface area contributed by atoms with Gasteiger partial charge in [0, 0.05) is 31.8 Å². The molecule has 0 radical (unpaired) electrons. The quantitative estimate of drug-likeness (QED) is 0.0422. The van der Waals surface area contributed by atoms with Gasteiger partial charge in [0.2, 0.25) is 11.8 Å². The van der Waals surface area contributed by atoms with Gasteiger partial charge in [-0.3, -0.25) is 24.0 Å². The molecule has 1 rings (SSSR count). The topological polar surface area (TPSA) is 307 Å². The van der Waals surface area contributed by atoms with Crippen molar-refractivity contribution in [3.63, 3.8) is 0 Å². The van der Waals surface area contributed by atoms with Gasteiger partial charge in [-0.2, -0.15) is 0 Å². The lowest BCUT2D eigenvalue weighted by atomic mass is 9.93. The highest BCUT2D eigenvalue weighted by atomic mass is 33.1. The van der Waals surface area contributed by atoms with Crippen LogP contribution < -0.4 is 31.9 Å². The molecule has 0 fully saturated rings. The van der Waals surface area contributed by atoms with E-state index in [0.29, 0.717) is 30.5 Å². The lowest BCUT2D eigenvalue weighted by Gasteiger charge is -2.21. The van der Waals surface area contributed by atoms with Gasteiger partial charge in [-0.15, -0.1) is 0 Å². The average molecular weight is 815 g/mol. The number of amides is 6. The molecule has 10 N–H and O–H groups in total. The highest BCUT2D eigenvalue weighted by Crippen LogP contribution is 2.19. The summed E-state index contributed by atoms with van der Waals surface area (Å²) in [7, 11) is 2.39. The molecule has 6 amide bonds. The molecule has 0 aromatic heterocycles. The maximum absolute atomic E-state index is 13.1. The standard InChI is InChI=1S/C34H50N6O13S2/c1-3-4-12-36-34(53)40-23(31(48)49)7-5-6-13-35-33(52)37-18-21-10-8-20(9-11-21)14-27(42)38-24(17-29(45)46)26(41)15-22(16-28(43)44)30(47)39-25(32(50)51)19-55-54-2/h8-11,22-25H,3-7,12-19H2,1-2H3,(H,38,42)(H,39,47)(H,43,44)(H,45,46)(H,48,49)(H,50,51)(H2,35,37,52)(H2,36,40,53)/t22-,23-,24-,25-/m0/s1. The third-order valence-corrected chi connectivity index (χ3v) is 9.59. The predicted octanol–water partition coefficient (Wildman–Crippen LogP) is 1.34. The first kappa shape index (κ1) is 48.0. The van der Waals surface area contributed by atoms with E-state index >= 15 is 0 Å². The zero-order valence-corrected chi connectivity index (χ0v) is 32.2. The van der Waals surface area contributed by atoms with E-state index in [1.807, 2.05) is 6.92 Å². The summed E-state index contributed by atoms with van der Waals surface area (Å²) < 4.78 is 0. The summed E-state index contributed by atoms with van der Waals surface area (Å²) in [5.41, 5.74) is 1.15. The Morgan fingerprint density at radius 2 is 1.25 bits per heavy atom. The molecule has 306 valence electrons. The first-order chi connectivity index (χ1) is 26.1. The number of benzene rings is 1. The number of Topliss-reactive ketones (excluding diaryl/α,β-unsaturated/α-hetero) is 1. The molecule has 0 unspecified atom stereocenters. The molecule has 0 saturated heterocycles. The maximum atomic E-state index is 13.1. The summed E-state index contributed by atoms with van der Waals surface area (Å²) in [6.07, 6.45) is 1.71. The Bertz CT molecular complexity index is 1480. The van der Waals surface area contributed by atoms with Crippen molar-refractivity contribution in [3.8, 4) is 0 Å². The number of carboxylic acid groups (broad SMARTS) is 4. The molecule has 0 bridgehead atoms. The number of carboxylic acids is 4. The number of aliphatic carboxylic acids is 4. The van der Waals surface area contributed by atoms with Gasteiger partial charge in [0.25, 0.3) is 0 Å². The van der Waals surface area contributed by atoms with Crippen molar-refractivity contribution in [3.05, 3.63) is 35.4 Å². The van der Waals surface area contributed by atoms with E-state index in [0.717, 1.165) is 23.6 Å². The minimum Gasteiger partial charge on any atom is -0.481 e. The molecule has 0 saturated carbocycles. The van der Waals surface area contributed by atoms with E-state index in [2.05, 4.69) is 31.9 Å². The Kier molecular flexibility index (Phi) is 23.3. The van der Waals surface area contributed by atoms with Gasteiger partial charge in [-0.25, -0.2) is 19.2 Å². The predicted molar refractivity (Wildman–Crippen MR) is 202 cm³/mol. The number of unbranched alkanes of at least 4 members (excludes halogenated alkanes) is 2. The van der Waals surface area contributed by atoms with Crippen LogP contribution in [0.2, 0.25) is 0 Å². The molecule has 0 aliphatic carbocycles. The van der Waals surface area contributed by atoms with Crippen molar-refractivity contribution in [2.24, 2.45) is 5.92 Å². The van der Waals surface area contributed by atoms with E-state index in [1.165, 1.54) is 10.8 Å². The summed E-state index contributed by atoms with van der Waals surface area (Å²) >= 11 is 0. The molecule has 0 aliphatic rings. The molecule has 0 heterocycles. The highest BCUT2D eigenvalue weighted by molar-refractivity contribution is 8.76. The van der Waals surface area contributed by atoms with E-state index in [9.17, 15) is 63.6 Å².